The van der Waals surface area contributed by atoms with Gasteiger partial charge in [0.2, 0.25) is 0 Å². The maximum atomic E-state index is 5.54. The van der Waals surface area contributed by atoms with Crippen LogP contribution < -0.4 is 5.32 Å². The molecular weight excluding hydrogens is 176 g/mol. The molecule has 1 saturated heterocycles. The molecule has 2 rings (SSSR count). The van der Waals surface area contributed by atoms with Crippen LogP contribution in [0.5, 0.6) is 0 Å². The minimum Gasteiger partial charge on any atom is -0.378 e. The van der Waals surface area contributed by atoms with Crippen molar-refractivity contribution >= 4 is 0 Å². The van der Waals surface area contributed by atoms with E-state index >= 15 is 0 Å². The van der Waals surface area contributed by atoms with Gasteiger partial charge in [-0.2, -0.15) is 0 Å². The van der Waals surface area contributed by atoms with Gasteiger partial charge in [0.15, 0.2) is 0 Å². The predicted molar refractivity (Wildman–Crippen MR) is 57.4 cm³/mol. The summed E-state index contributed by atoms with van der Waals surface area (Å²) in [5, 5.41) is 3.58. The molecule has 1 aliphatic carbocycles. The monoisotopic (exact) mass is 198 g/mol. The Morgan fingerprint density at radius 1 is 1.36 bits per heavy atom. The quantitative estimate of drug-likeness (QED) is 0.722. The lowest BCUT2D eigenvalue weighted by molar-refractivity contribution is 0.0161. The van der Waals surface area contributed by atoms with Crippen LogP contribution in [0.15, 0.2) is 0 Å². The maximum absolute atomic E-state index is 5.54. The zero-order chi connectivity index (χ0) is 9.97. The van der Waals surface area contributed by atoms with Crippen molar-refractivity contribution in [3.8, 4) is 0 Å². The Morgan fingerprint density at radius 3 is 2.57 bits per heavy atom. The molecule has 0 amide bonds. The molecule has 14 heavy (non-hydrogen) atoms. The van der Waals surface area contributed by atoms with Crippen molar-refractivity contribution in [2.24, 2.45) is 5.92 Å². The standard InChI is InChI=1S/C11H22N2O/c1-13(2)11(9-4-3-5-9)10-8-14-7-6-12-10/h9-12H,3-8H2,1-2H3. The largest absolute Gasteiger partial charge is 0.378 e. The molecule has 0 aromatic heterocycles. The van der Waals surface area contributed by atoms with Crippen molar-refractivity contribution in [2.45, 2.75) is 31.3 Å². The topological polar surface area (TPSA) is 24.5 Å². The Labute approximate surface area is 86.8 Å². The van der Waals surface area contributed by atoms with Crippen molar-refractivity contribution in [1.29, 1.82) is 0 Å². The summed E-state index contributed by atoms with van der Waals surface area (Å²) in [5.74, 6) is 0.893. The van der Waals surface area contributed by atoms with Crippen LogP contribution in [0.2, 0.25) is 0 Å². The average Bonchev–Trinajstić information content (AvgIpc) is 2.12. The van der Waals surface area contributed by atoms with Gasteiger partial charge in [0.1, 0.15) is 0 Å². The van der Waals surface area contributed by atoms with Crippen LogP contribution in [-0.2, 0) is 4.74 Å². The SMILES string of the molecule is CN(C)C(C1CCC1)C1COCCN1. The number of likely N-dealkylation sites (N-methyl/N-ethyl adjacent to an activating group) is 1. The molecule has 2 aliphatic rings. The summed E-state index contributed by atoms with van der Waals surface area (Å²) in [6, 6.07) is 1.22. The van der Waals surface area contributed by atoms with Gasteiger partial charge in [0.05, 0.1) is 13.2 Å². The molecule has 3 nitrogen and oxygen atoms in total. The van der Waals surface area contributed by atoms with Crippen molar-refractivity contribution in [3.05, 3.63) is 0 Å². The Bertz CT molecular complexity index is 174. The molecule has 2 fully saturated rings. The van der Waals surface area contributed by atoms with E-state index < -0.39 is 0 Å². The first-order chi connectivity index (χ1) is 6.79. The maximum Gasteiger partial charge on any atom is 0.0635 e. The Balaban J connectivity index is 1.93. The molecule has 0 aromatic carbocycles. The van der Waals surface area contributed by atoms with Gasteiger partial charge < -0.3 is 15.0 Å². The van der Waals surface area contributed by atoms with Crippen LogP contribution in [0.25, 0.3) is 0 Å². The molecule has 0 bridgehead atoms. The summed E-state index contributed by atoms with van der Waals surface area (Å²) in [4.78, 5) is 2.37. The fourth-order valence-corrected chi connectivity index (χ4v) is 2.70. The number of ether oxygens (including phenoxy) is 1. The van der Waals surface area contributed by atoms with Crippen LogP contribution in [0.4, 0.5) is 0 Å². The Kier molecular flexibility index (Phi) is 3.42. The highest BCUT2D eigenvalue weighted by Gasteiger charge is 2.35. The fourth-order valence-electron chi connectivity index (χ4n) is 2.70. The molecule has 3 heteroatoms. The summed E-state index contributed by atoms with van der Waals surface area (Å²) in [6.07, 6.45) is 4.23. The first-order valence-corrected chi connectivity index (χ1v) is 5.76. The number of nitrogens with zero attached hydrogens (tertiary/aromatic N) is 1. The minimum atomic E-state index is 0.545. The highest BCUT2D eigenvalue weighted by atomic mass is 16.5. The first kappa shape index (κ1) is 10.4. The molecular formula is C11H22N2O. The van der Waals surface area contributed by atoms with Gasteiger partial charge in [-0.3, -0.25) is 0 Å². The van der Waals surface area contributed by atoms with Gasteiger partial charge in [0, 0.05) is 18.6 Å². The lowest BCUT2D eigenvalue weighted by Gasteiger charge is -2.43. The van der Waals surface area contributed by atoms with Gasteiger partial charge in [-0.05, 0) is 32.9 Å². The molecule has 0 radical (unpaired) electrons. The zero-order valence-electron chi connectivity index (χ0n) is 9.33. The van der Waals surface area contributed by atoms with Gasteiger partial charge >= 0.3 is 0 Å². The highest BCUT2D eigenvalue weighted by molar-refractivity contribution is 4.92. The summed E-state index contributed by atoms with van der Waals surface area (Å²) >= 11 is 0. The highest BCUT2D eigenvalue weighted by Crippen LogP contribution is 2.33. The smallest absolute Gasteiger partial charge is 0.0635 e. The second kappa shape index (κ2) is 4.60. The lowest BCUT2D eigenvalue weighted by Crippen LogP contribution is -2.57. The molecule has 0 spiro atoms. The van der Waals surface area contributed by atoms with Crippen molar-refractivity contribution in [3.63, 3.8) is 0 Å². The number of hydrogen-bond donors (Lipinski definition) is 1. The minimum absolute atomic E-state index is 0.545. The van der Waals surface area contributed by atoms with Gasteiger partial charge in [-0.25, -0.2) is 0 Å². The van der Waals surface area contributed by atoms with E-state index in [0.717, 1.165) is 25.7 Å². The van der Waals surface area contributed by atoms with E-state index in [1.807, 2.05) is 0 Å². The Morgan fingerprint density at radius 2 is 2.14 bits per heavy atom. The third kappa shape index (κ3) is 2.10. The van der Waals surface area contributed by atoms with Crippen molar-refractivity contribution in [2.75, 3.05) is 33.9 Å². The summed E-state index contributed by atoms with van der Waals surface area (Å²) < 4.78 is 5.54. The molecule has 82 valence electrons. The second-order valence-electron chi connectivity index (χ2n) is 4.78. The van der Waals surface area contributed by atoms with E-state index in [2.05, 4.69) is 24.3 Å². The summed E-state index contributed by atoms with van der Waals surface area (Å²) in [7, 11) is 4.39. The van der Waals surface area contributed by atoms with E-state index in [9.17, 15) is 0 Å². The molecule has 1 heterocycles. The normalized spacial score (nSPS) is 31.5. The second-order valence-corrected chi connectivity index (χ2v) is 4.78. The van der Waals surface area contributed by atoms with Crippen molar-refractivity contribution < 1.29 is 4.74 Å². The van der Waals surface area contributed by atoms with Crippen molar-refractivity contribution in [1.82, 2.24) is 10.2 Å². The van der Waals surface area contributed by atoms with Gasteiger partial charge in [-0.15, -0.1) is 0 Å². The van der Waals surface area contributed by atoms with E-state index in [1.165, 1.54) is 19.3 Å². The fraction of sp³-hybridized carbons (Fsp3) is 1.00. The Hall–Kier alpha value is -0.120. The number of morpholine rings is 1. The first-order valence-electron chi connectivity index (χ1n) is 5.76. The van der Waals surface area contributed by atoms with E-state index in [4.69, 9.17) is 4.74 Å². The van der Waals surface area contributed by atoms with Crippen LogP contribution in [0.3, 0.4) is 0 Å². The van der Waals surface area contributed by atoms with Crippen LogP contribution in [0, 0.1) is 5.92 Å². The molecule has 2 unspecified atom stereocenters. The third-order valence-corrected chi connectivity index (χ3v) is 3.59. The third-order valence-electron chi connectivity index (χ3n) is 3.59. The molecule has 2 atom stereocenters. The number of nitrogens with one attached hydrogen (secondary N) is 1. The number of hydrogen-bond acceptors (Lipinski definition) is 3. The molecule has 0 aromatic rings. The molecule has 1 N–H and O–H groups in total. The van der Waals surface area contributed by atoms with E-state index in [-0.39, 0.29) is 0 Å². The number of rotatable bonds is 3. The summed E-state index contributed by atoms with van der Waals surface area (Å²) in [6.45, 7) is 2.78. The van der Waals surface area contributed by atoms with Crippen LogP contribution in [0.1, 0.15) is 19.3 Å². The van der Waals surface area contributed by atoms with E-state index in [0.29, 0.717) is 12.1 Å². The van der Waals surface area contributed by atoms with Gasteiger partial charge in [0.25, 0.3) is 0 Å². The van der Waals surface area contributed by atoms with Crippen LogP contribution >= 0.6 is 0 Å². The summed E-state index contributed by atoms with van der Waals surface area (Å²) in [5.41, 5.74) is 0. The molecule has 1 saturated carbocycles. The lowest BCUT2D eigenvalue weighted by atomic mass is 9.76. The predicted octanol–water partition coefficient (Wildman–Crippen LogP) is 0.705. The molecule has 1 aliphatic heterocycles. The van der Waals surface area contributed by atoms with Gasteiger partial charge in [-0.1, -0.05) is 6.42 Å². The zero-order valence-corrected chi connectivity index (χ0v) is 9.33. The van der Waals surface area contributed by atoms with E-state index in [1.54, 1.807) is 0 Å². The average molecular weight is 198 g/mol. The van der Waals surface area contributed by atoms with Crippen LogP contribution in [-0.4, -0.2) is 50.8 Å².